The Kier molecular flexibility index (Phi) is 6.09. The van der Waals surface area contributed by atoms with Crippen LogP contribution in [0.1, 0.15) is 44.2 Å². The van der Waals surface area contributed by atoms with Gasteiger partial charge in [-0.3, -0.25) is 4.90 Å². The Labute approximate surface area is 191 Å². The van der Waals surface area contributed by atoms with E-state index in [4.69, 9.17) is 9.72 Å². The summed E-state index contributed by atoms with van der Waals surface area (Å²) in [4.78, 5) is 7.83. The Hall–Kier alpha value is -2.91. The van der Waals surface area contributed by atoms with Crippen molar-refractivity contribution in [3.63, 3.8) is 0 Å². The highest BCUT2D eigenvalue weighted by atomic mass is 16.5. The molecule has 0 amide bonds. The van der Waals surface area contributed by atoms with E-state index in [2.05, 4.69) is 79.4 Å². The van der Waals surface area contributed by atoms with Crippen LogP contribution in [0.3, 0.4) is 0 Å². The number of unbranched alkanes of at least 4 members (excludes halogenated alkanes) is 1. The molecule has 0 fully saturated rings. The summed E-state index contributed by atoms with van der Waals surface area (Å²) in [7, 11) is 0. The summed E-state index contributed by atoms with van der Waals surface area (Å²) in [5.41, 5.74) is 6.23. The maximum atomic E-state index is 6.02. The number of benzene rings is 3. The zero-order valence-electron chi connectivity index (χ0n) is 19.2. The average Bonchev–Trinajstić information content (AvgIpc) is 2.83. The van der Waals surface area contributed by atoms with Gasteiger partial charge in [-0.05, 0) is 65.9 Å². The van der Waals surface area contributed by atoms with Crippen molar-refractivity contribution in [3.8, 4) is 17.0 Å². The van der Waals surface area contributed by atoms with E-state index >= 15 is 0 Å². The summed E-state index contributed by atoms with van der Waals surface area (Å²) in [6.07, 6.45) is 4.46. The van der Waals surface area contributed by atoms with E-state index < -0.39 is 0 Å². The van der Waals surface area contributed by atoms with Crippen LogP contribution in [-0.2, 0) is 13.0 Å². The topological polar surface area (TPSA) is 25.4 Å². The van der Waals surface area contributed by atoms with Crippen molar-refractivity contribution in [2.45, 2.75) is 46.1 Å². The average molecular weight is 425 g/mol. The van der Waals surface area contributed by atoms with E-state index in [1.54, 1.807) is 0 Å². The standard InChI is InChI=1S/C29H32N2O/c1-3-5-18-32-23-11-8-10-22(19-23)29-26-20-31(16-4-2)17-15-25(26)28-24-12-7-6-9-21(24)13-14-27(28)30-29/h6-14,19H,3-5,15-18,20H2,1-2H3. The third-order valence-electron chi connectivity index (χ3n) is 6.56. The second-order valence-electron chi connectivity index (χ2n) is 8.85. The molecule has 4 aromatic rings. The molecule has 0 radical (unpaired) electrons. The van der Waals surface area contributed by atoms with Crippen molar-refractivity contribution >= 4 is 21.7 Å². The van der Waals surface area contributed by atoms with Gasteiger partial charge in [-0.1, -0.05) is 62.7 Å². The zero-order chi connectivity index (χ0) is 21.9. The van der Waals surface area contributed by atoms with Crippen molar-refractivity contribution < 1.29 is 4.74 Å². The fourth-order valence-electron chi connectivity index (χ4n) is 4.98. The molecule has 5 rings (SSSR count). The highest BCUT2D eigenvalue weighted by Gasteiger charge is 2.24. The summed E-state index contributed by atoms with van der Waals surface area (Å²) in [5.74, 6) is 0.936. The predicted octanol–water partition coefficient (Wildman–Crippen LogP) is 7.00. The molecule has 0 N–H and O–H groups in total. The molecule has 32 heavy (non-hydrogen) atoms. The number of aromatic nitrogens is 1. The van der Waals surface area contributed by atoms with Gasteiger partial charge in [-0.15, -0.1) is 0 Å². The minimum atomic E-state index is 0.763. The van der Waals surface area contributed by atoms with Gasteiger partial charge in [0, 0.05) is 24.0 Å². The van der Waals surface area contributed by atoms with Crippen LogP contribution < -0.4 is 4.74 Å². The van der Waals surface area contributed by atoms with Crippen LogP contribution in [-0.4, -0.2) is 29.6 Å². The summed E-state index contributed by atoms with van der Waals surface area (Å²) in [6.45, 7) is 8.43. The first-order valence-electron chi connectivity index (χ1n) is 12.1. The summed E-state index contributed by atoms with van der Waals surface area (Å²) < 4.78 is 6.02. The van der Waals surface area contributed by atoms with Gasteiger partial charge in [0.1, 0.15) is 5.75 Å². The lowest BCUT2D eigenvalue weighted by Crippen LogP contribution is -2.32. The Bertz CT molecular complexity index is 1250. The van der Waals surface area contributed by atoms with Gasteiger partial charge in [-0.25, -0.2) is 4.98 Å². The molecule has 1 aliphatic rings. The third kappa shape index (κ3) is 3.98. The highest BCUT2D eigenvalue weighted by molar-refractivity contribution is 6.09. The molecule has 3 aromatic carbocycles. The smallest absolute Gasteiger partial charge is 0.119 e. The quantitative estimate of drug-likeness (QED) is 0.236. The maximum Gasteiger partial charge on any atom is 0.119 e. The van der Waals surface area contributed by atoms with Crippen molar-refractivity contribution in [3.05, 3.63) is 71.8 Å². The van der Waals surface area contributed by atoms with Crippen LogP contribution in [0.4, 0.5) is 0 Å². The number of fused-ring (bicyclic) bond motifs is 5. The van der Waals surface area contributed by atoms with E-state index in [-0.39, 0.29) is 0 Å². The van der Waals surface area contributed by atoms with Crippen LogP contribution in [0.2, 0.25) is 0 Å². The molecule has 0 saturated carbocycles. The van der Waals surface area contributed by atoms with Crippen molar-refractivity contribution in [1.82, 2.24) is 9.88 Å². The largest absolute Gasteiger partial charge is 0.494 e. The second kappa shape index (κ2) is 9.30. The molecule has 2 heterocycles. The molecule has 0 unspecified atom stereocenters. The molecule has 164 valence electrons. The third-order valence-corrected chi connectivity index (χ3v) is 6.56. The lowest BCUT2D eigenvalue weighted by molar-refractivity contribution is 0.255. The van der Waals surface area contributed by atoms with Crippen molar-refractivity contribution in [2.75, 3.05) is 19.7 Å². The number of ether oxygens (including phenoxy) is 1. The molecule has 0 saturated heterocycles. The normalized spacial score (nSPS) is 14.1. The van der Waals surface area contributed by atoms with Gasteiger partial charge < -0.3 is 4.74 Å². The molecular weight excluding hydrogens is 392 g/mol. The number of nitrogens with zero attached hydrogens (tertiary/aromatic N) is 2. The lowest BCUT2D eigenvalue weighted by atomic mass is 9.89. The first-order chi connectivity index (χ1) is 15.8. The van der Waals surface area contributed by atoms with Crippen LogP contribution in [0.15, 0.2) is 60.7 Å². The minimum absolute atomic E-state index is 0.763. The van der Waals surface area contributed by atoms with Crippen LogP contribution in [0, 0.1) is 0 Å². The SMILES string of the molecule is CCCCOc1cccc(-c2nc3ccc4ccccc4c3c3c2CN(CCC)CC3)c1. The molecule has 3 nitrogen and oxygen atoms in total. The van der Waals surface area contributed by atoms with E-state index in [0.29, 0.717) is 0 Å². The number of hydrogen-bond donors (Lipinski definition) is 0. The highest BCUT2D eigenvalue weighted by Crippen LogP contribution is 2.38. The van der Waals surface area contributed by atoms with Crippen LogP contribution >= 0.6 is 0 Å². The molecule has 1 aromatic heterocycles. The maximum absolute atomic E-state index is 6.02. The van der Waals surface area contributed by atoms with E-state index in [0.717, 1.165) is 68.0 Å². The summed E-state index contributed by atoms with van der Waals surface area (Å²) in [5, 5.41) is 3.95. The number of hydrogen-bond acceptors (Lipinski definition) is 3. The van der Waals surface area contributed by atoms with Gasteiger partial charge in [0.25, 0.3) is 0 Å². The van der Waals surface area contributed by atoms with Gasteiger partial charge in [0.2, 0.25) is 0 Å². The second-order valence-corrected chi connectivity index (χ2v) is 8.85. The van der Waals surface area contributed by atoms with Crippen LogP contribution in [0.25, 0.3) is 32.9 Å². The monoisotopic (exact) mass is 424 g/mol. The van der Waals surface area contributed by atoms with Crippen molar-refractivity contribution in [1.29, 1.82) is 0 Å². The Morgan fingerprint density at radius 2 is 1.84 bits per heavy atom. The number of rotatable bonds is 7. The predicted molar refractivity (Wildman–Crippen MR) is 134 cm³/mol. The Morgan fingerprint density at radius 1 is 0.938 bits per heavy atom. The molecule has 0 bridgehead atoms. The van der Waals surface area contributed by atoms with E-state index in [1.807, 2.05) is 0 Å². The van der Waals surface area contributed by atoms with Crippen molar-refractivity contribution in [2.24, 2.45) is 0 Å². The Morgan fingerprint density at radius 3 is 2.72 bits per heavy atom. The van der Waals surface area contributed by atoms with Gasteiger partial charge in [0.15, 0.2) is 0 Å². The molecule has 3 heteroatoms. The molecule has 0 spiro atoms. The lowest BCUT2D eigenvalue weighted by Gasteiger charge is -2.31. The summed E-state index contributed by atoms with van der Waals surface area (Å²) in [6, 6.07) is 21.6. The minimum Gasteiger partial charge on any atom is -0.494 e. The fourth-order valence-corrected chi connectivity index (χ4v) is 4.98. The van der Waals surface area contributed by atoms with Gasteiger partial charge >= 0.3 is 0 Å². The summed E-state index contributed by atoms with van der Waals surface area (Å²) >= 11 is 0. The molecular formula is C29H32N2O. The van der Waals surface area contributed by atoms with E-state index in [9.17, 15) is 0 Å². The molecule has 0 aliphatic carbocycles. The van der Waals surface area contributed by atoms with Gasteiger partial charge in [0.05, 0.1) is 17.8 Å². The first-order valence-corrected chi connectivity index (χ1v) is 12.1. The van der Waals surface area contributed by atoms with Crippen LogP contribution in [0.5, 0.6) is 5.75 Å². The van der Waals surface area contributed by atoms with Gasteiger partial charge in [-0.2, -0.15) is 0 Å². The Balaban J connectivity index is 1.68. The molecule has 1 aliphatic heterocycles. The fraction of sp³-hybridized carbons (Fsp3) is 0.345. The number of pyridine rings is 1. The zero-order valence-corrected chi connectivity index (χ0v) is 19.2. The molecule has 0 atom stereocenters. The van der Waals surface area contributed by atoms with E-state index in [1.165, 1.54) is 33.7 Å². The first kappa shape index (κ1) is 21.0.